The molecule has 0 saturated carbocycles. The zero-order valence-electron chi connectivity index (χ0n) is 15.5. The smallest absolute Gasteiger partial charge is 0.233 e. The van der Waals surface area contributed by atoms with Crippen molar-refractivity contribution < 1.29 is 4.79 Å². The van der Waals surface area contributed by atoms with E-state index in [1.807, 2.05) is 17.0 Å². The number of fused-ring (bicyclic) bond motifs is 1. The number of amides is 1. The highest BCUT2D eigenvalue weighted by Gasteiger charge is 2.35. The van der Waals surface area contributed by atoms with Gasteiger partial charge in [0.15, 0.2) is 5.82 Å². The summed E-state index contributed by atoms with van der Waals surface area (Å²) in [5, 5.41) is 8.80. The van der Waals surface area contributed by atoms with Crippen LogP contribution < -0.4 is 0 Å². The average Bonchev–Trinajstić information content (AvgIpc) is 3.12. The van der Waals surface area contributed by atoms with E-state index in [2.05, 4.69) is 38.5 Å². The van der Waals surface area contributed by atoms with Gasteiger partial charge in [-0.05, 0) is 38.8 Å². The van der Waals surface area contributed by atoms with Crippen LogP contribution in [0.2, 0.25) is 0 Å². The molecule has 2 aromatic rings. The van der Waals surface area contributed by atoms with E-state index in [9.17, 15) is 4.79 Å². The minimum Gasteiger partial charge on any atom is -0.339 e. The number of hydrogen-bond acceptors (Lipinski definition) is 5. The molecule has 0 aliphatic carbocycles. The Hall–Kier alpha value is -2.28. The Morgan fingerprint density at radius 3 is 2.50 bits per heavy atom. The SMILES string of the molecule is CC(C)N1CCN(C(=O)C2CCCn3c(-c4ccncc4)nnc32)CC1. The lowest BCUT2D eigenvalue weighted by atomic mass is 9.96. The van der Waals surface area contributed by atoms with Gasteiger partial charge in [-0.3, -0.25) is 14.7 Å². The highest BCUT2D eigenvalue weighted by Crippen LogP contribution is 2.31. The predicted octanol–water partition coefficient (Wildman–Crippen LogP) is 1.77. The van der Waals surface area contributed by atoms with Gasteiger partial charge in [-0.1, -0.05) is 0 Å². The van der Waals surface area contributed by atoms with Crippen LogP contribution in [-0.4, -0.2) is 67.7 Å². The van der Waals surface area contributed by atoms with Crippen LogP contribution in [0.3, 0.4) is 0 Å². The Bertz CT molecular complexity index is 764. The van der Waals surface area contributed by atoms with E-state index in [0.29, 0.717) is 6.04 Å². The van der Waals surface area contributed by atoms with Crippen molar-refractivity contribution in [3.05, 3.63) is 30.4 Å². The molecular weight excluding hydrogens is 328 g/mol. The van der Waals surface area contributed by atoms with Crippen molar-refractivity contribution in [2.45, 2.75) is 45.2 Å². The number of pyridine rings is 1. The molecule has 2 aromatic heterocycles. The summed E-state index contributed by atoms with van der Waals surface area (Å²) in [6.07, 6.45) is 5.36. The summed E-state index contributed by atoms with van der Waals surface area (Å²) in [5.74, 6) is 1.70. The number of carbonyl (C=O) groups excluding carboxylic acids is 1. The second kappa shape index (κ2) is 7.15. The Morgan fingerprint density at radius 2 is 1.81 bits per heavy atom. The van der Waals surface area contributed by atoms with E-state index in [-0.39, 0.29) is 11.8 Å². The lowest BCUT2D eigenvalue weighted by Crippen LogP contribution is -2.52. The molecule has 0 radical (unpaired) electrons. The standard InChI is InChI=1S/C19H26N6O/c1-14(2)23-10-12-24(13-11-23)19(26)16-4-3-9-25-17(21-22-18(16)25)15-5-7-20-8-6-15/h5-8,14,16H,3-4,9-13H2,1-2H3. The number of piperazine rings is 1. The van der Waals surface area contributed by atoms with Gasteiger partial charge in [0.25, 0.3) is 0 Å². The topological polar surface area (TPSA) is 67.2 Å². The highest BCUT2D eigenvalue weighted by atomic mass is 16.2. The molecule has 1 unspecified atom stereocenters. The van der Waals surface area contributed by atoms with Crippen LogP contribution in [0, 0.1) is 0 Å². The molecular formula is C19H26N6O. The Kier molecular flexibility index (Phi) is 4.72. The molecule has 0 N–H and O–H groups in total. The predicted molar refractivity (Wildman–Crippen MR) is 98.5 cm³/mol. The first-order chi connectivity index (χ1) is 12.6. The summed E-state index contributed by atoms with van der Waals surface area (Å²) in [5.41, 5.74) is 0.998. The maximum Gasteiger partial charge on any atom is 0.233 e. The molecule has 4 heterocycles. The van der Waals surface area contributed by atoms with Gasteiger partial charge in [-0.2, -0.15) is 0 Å². The van der Waals surface area contributed by atoms with Crippen molar-refractivity contribution in [2.75, 3.05) is 26.2 Å². The van der Waals surface area contributed by atoms with Gasteiger partial charge in [-0.15, -0.1) is 10.2 Å². The first kappa shape index (κ1) is 17.1. The number of nitrogens with zero attached hydrogens (tertiary/aromatic N) is 6. The van der Waals surface area contributed by atoms with Crippen molar-refractivity contribution in [3.63, 3.8) is 0 Å². The van der Waals surface area contributed by atoms with E-state index in [0.717, 1.165) is 62.8 Å². The highest BCUT2D eigenvalue weighted by molar-refractivity contribution is 5.83. The molecule has 7 heteroatoms. The number of aromatic nitrogens is 4. The van der Waals surface area contributed by atoms with E-state index in [4.69, 9.17) is 0 Å². The van der Waals surface area contributed by atoms with E-state index >= 15 is 0 Å². The normalized spacial score (nSPS) is 21.0. The van der Waals surface area contributed by atoms with Crippen LogP contribution in [0.25, 0.3) is 11.4 Å². The van der Waals surface area contributed by atoms with Crippen molar-refractivity contribution >= 4 is 5.91 Å². The van der Waals surface area contributed by atoms with Gasteiger partial charge in [-0.25, -0.2) is 0 Å². The Morgan fingerprint density at radius 1 is 1.08 bits per heavy atom. The molecule has 4 rings (SSSR count). The lowest BCUT2D eigenvalue weighted by Gasteiger charge is -2.38. The third kappa shape index (κ3) is 3.11. The first-order valence-corrected chi connectivity index (χ1v) is 9.51. The molecule has 1 saturated heterocycles. The quantitative estimate of drug-likeness (QED) is 0.840. The van der Waals surface area contributed by atoms with Crippen molar-refractivity contribution in [1.82, 2.24) is 29.5 Å². The maximum atomic E-state index is 13.2. The van der Waals surface area contributed by atoms with Crippen molar-refractivity contribution in [2.24, 2.45) is 0 Å². The fourth-order valence-electron chi connectivity index (χ4n) is 4.00. The number of rotatable bonds is 3. The molecule has 0 spiro atoms. The van der Waals surface area contributed by atoms with Gasteiger partial charge >= 0.3 is 0 Å². The molecule has 138 valence electrons. The monoisotopic (exact) mass is 354 g/mol. The van der Waals surface area contributed by atoms with Gasteiger partial charge in [0.1, 0.15) is 5.82 Å². The summed E-state index contributed by atoms with van der Waals surface area (Å²) >= 11 is 0. The van der Waals surface area contributed by atoms with Gasteiger partial charge in [0.2, 0.25) is 5.91 Å². The molecule has 26 heavy (non-hydrogen) atoms. The third-order valence-electron chi connectivity index (χ3n) is 5.56. The largest absolute Gasteiger partial charge is 0.339 e. The van der Waals surface area contributed by atoms with Crippen molar-refractivity contribution in [1.29, 1.82) is 0 Å². The Labute approximate surface area is 154 Å². The van der Waals surface area contributed by atoms with Gasteiger partial charge in [0, 0.05) is 56.7 Å². The van der Waals surface area contributed by atoms with Crippen LogP contribution in [0.1, 0.15) is 38.4 Å². The third-order valence-corrected chi connectivity index (χ3v) is 5.56. The van der Waals surface area contributed by atoms with Gasteiger partial charge < -0.3 is 9.47 Å². The summed E-state index contributed by atoms with van der Waals surface area (Å²) < 4.78 is 2.12. The molecule has 1 amide bonds. The van der Waals surface area contributed by atoms with E-state index < -0.39 is 0 Å². The van der Waals surface area contributed by atoms with E-state index in [1.165, 1.54) is 0 Å². The van der Waals surface area contributed by atoms with Crippen LogP contribution in [0.5, 0.6) is 0 Å². The summed E-state index contributed by atoms with van der Waals surface area (Å²) in [6, 6.07) is 4.41. The Balaban J connectivity index is 1.54. The summed E-state index contributed by atoms with van der Waals surface area (Å²) in [7, 11) is 0. The minimum absolute atomic E-state index is 0.169. The van der Waals surface area contributed by atoms with Crippen LogP contribution in [0.4, 0.5) is 0 Å². The molecule has 7 nitrogen and oxygen atoms in total. The van der Waals surface area contributed by atoms with Gasteiger partial charge in [0.05, 0.1) is 5.92 Å². The summed E-state index contributed by atoms with van der Waals surface area (Å²) in [4.78, 5) is 21.7. The first-order valence-electron chi connectivity index (χ1n) is 9.51. The second-order valence-electron chi connectivity index (χ2n) is 7.42. The zero-order chi connectivity index (χ0) is 18.1. The molecule has 2 aliphatic heterocycles. The van der Waals surface area contributed by atoms with E-state index in [1.54, 1.807) is 12.4 Å². The number of hydrogen-bond donors (Lipinski definition) is 0. The van der Waals surface area contributed by atoms with Crippen LogP contribution >= 0.6 is 0 Å². The van der Waals surface area contributed by atoms with Crippen LogP contribution in [0.15, 0.2) is 24.5 Å². The minimum atomic E-state index is -0.169. The maximum absolute atomic E-state index is 13.2. The molecule has 1 fully saturated rings. The number of carbonyl (C=O) groups is 1. The molecule has 2 aliphatic rings. The average molecular weight is 354 g/mol. The molecule has 0 bridgehead atoms. The molecule has 1 atom stereocenters. The van der Waals surface area contributed by atoms with Crippen LogP contribution in [-0.2, 0) is 11.3 Å². The fraction of sp³-hybridized carbons (Fsp3) is 0.579. The summed E-state index contributed by atoms with van der Waals surface area (Å²) in [6.45, 7) is 8.79. The molecule has 0 aromatic carbocycles. The lowest BCUT2D eigenvalue weighted by molar-refractivity contribution is -0.135. The van der Waals surface area contributed by atoms with Crippen molar-refractivity contribution in [3.8, 4) is 11.4 Å². The zero-order valence-corrected chi connectivity index (χ0v) is 15.5. The second-order valence-corrected chi connectivity index (χ2v) is 7.42. The fourth-order valence-corrected chi connectivity index (χ4v) is 4.00.